The fourth-order valence-electron chi connectivity index (χ4n) is 1.62. The van der Waals surface area contributed by atoms with E-state index in [2.05, 4.69) is 0 Å². The quantitative estimate of drug-likeness (QED) is 0.842. The van der Waals surface area contributed by atoms with Crippen molar-refractivity contribution in [1.29, 1.82) is 0 Å². The van der Waals surface area contributed by atoms with Crippen LogP contribution in [0.5, 0.6) is 0 Å². The van der Waals surface area contributed by atoms with Crippen LogP contribution in [-0.2, 0) is 9.53 Å². The first kappa shape index (κ1) is 16.1. The SMILES string of the molecule is CC(SCC(=O)OC(C)(C)C)C(N)c1ccccc1. The third-order valence-corrected chi connectivity index (χ3v) is 3.80. The Morgan fingerprint density at radius 2 is 1.89 bits per heavy atom. The summed E-state index contributed by atoms with van der Waals surface area (Å²) in [5.74, 6) is 0.142. The fraction of sp³-hybridized carbons (Fsp3) is 0.533. The van der Waals surface area contributed by atoms with E-state index < -0.39 is 5.60 Å². The summed E-state index contributed by atoms with van der Waals surface area (Å²) in [7, 11) is 0. The molecule has 0 saturated carbocycles. The number of nitrogens with two attached hydrogens (primary N) is 1. The third kappa shape index (κ3) is 6.12. The molecule has 106 valence electrons. The van der Waals surface area contributed by atoms with Crippen LogP contribution in [0.15, 0.2) is 30.3 Å². The molecule has 0 bridgehead atoms. The molecular weight excluding hydrogens is 258 g/mol. The van der Waals surface area contributed by atoms with Crippen molar-refractivity contribution in [3.8, 4) is 0 Å². The van der Waals surface area contributed by atoms with E-state index in [9.17, 15) is 4.79 Å². The van der Waals surface area contributed by atoms with Gasteiger partial charge in [0, 0.05) is 11.3 Å². The normalized spacial score (nSPS) is 14.8. The smallest absolute Gasteiger partial charge is 0.316 e. The fourth-order valence-corrected chi connectivity index (χ4v) is 2.44. The Labute approximate surface area is 119 Å². The largest absolute Gasteiger partial charge is 0.459 e. The Kier molecular flexibility index (Phi) is 5.88. The molecular formula is C15H23NO2S. The molecule has 1 rings (SSSR count). The van der Waals surface area contributed by atoms with Crippen LogP contribution in [0, 0.1) is 0 Å². The minimum absolute atomic E-state index is 0.0753. The lowest BCUT2D eigenvalue weighted by molar-refractivity contribution is -0.151. The maximum atomic E-state index is 11.6. The number of carbonyl (C=O) groups is 1. The van der Waals surface area contributed by atoms with E-state index in [1.165, 1.54) is 11.8 Å². The summed E-state index contributed by atoms with van der Waals surface area (Å²) in [6, 6.07) is 9.86. The molecule has 0 fully saturated rings. The van der Waals surface area contributed by atoms with Crippen LogP contribution in [0.2, 0.25) is 0 Å². The Hall–Kier alpha value is -1.00. The average molecular weight is 281 g/mol. The van der Waals surface area contributed by atoms with Crippen LogP contribution >= 0.6 is 11.8 Å². The van der Waals surface area contributed by atoms with Crippen molar-refractivity contribution in [2.24, 2.45) is 5.73 Å². The van der Waals surface area contributed by atoms with Crippen molar-refractivity contribution >= 4 is 17.7 Å². The average Bonchev–Trinajstić information content (AvgIpc) is 2.34. The van der Waals surface area contributed by atoms with Gasteiger partial charge in [-0.1, -0.05) is 37.3 Å². The van der Waals surface area contributed by atoms with E-state index in [0.717, 1.165) is 5.56 Å². The Bertz CT molecular complexity index is 400. The van der Waals surface area contributed by atoms with Crippen LogP contribution in [0.1, 0.15) is 39.3 Å². The number of carbonyl (C=O) groups excluding carboxylic acids is 1. The second-order valence-electron chi connectivity index (χ2n) is 5.54. The maximum Gasteiger partial charge on any atom is 0.316 e. The van der Waals surface area contributed by atoms with Gasteiger partial charge in [0.25, 0.3) is 0 Å². The summed E-state index contributed by atoms with van der Waals surface area (Å²) < 4.78 is 5.27. The van der Waals surface area contributed by atoms with Crippen LogP contribution in [0.3, 0.4) is 0 Å². The number of benzene rings is 1. The van der Waals surface area contributed by atoms with E-state index >= 15 is 0 Å². The Morgan fingerprint density at radius 1 is 1.32 bits per heavy atom. The molecule has 3 nitrogen and oxygen atoms in total. The van der Waals surface area contributed by atoms with Gasteiger partial charge in [-0.2, -0.15) is 0 Å². The van der Waals surface area contributed by atoms with Crippen molar-refractivity contribution in [3.05, 3.63) is 35.9 Å². The highest BCUT2D eigenvalue weighted by Gasteiger charge is 2.20. The number of hydrogen-bond acceptors (Lipinski definition) is 4. The van der Waals surface area contributed by atoms with Crippen molar-refractivity contribution < 1.29 is 9.53 Å². The second-order valence-corrected chi connectivity index (χ2v) is 6.90. The Balaban J connectivity index is 2.43. The summed E-state index contributed by atoms with van der Waals surface area (Å²) in [4.78, 5) is 11.6. The van der Waals surface area contributed by atoms with Gasteiger partial charge in [-0.05, 0) is 26.3 Å². The molecule has 4 heteroatoms. The number of hydrogen-bond donors (Lipinski definition) is 1. The molecule has 0 aliphatic carbocycles. The summed E-state index contributed by atoms with van der Waals surface area (Å²) in [5, 5.41) is 0.162. The molecule has 1 aromatic rings. The van der Waals surface area contributed by atoms with Gasteiger partial charge in [0.05, 0.1) is 5.75 Å². The first-order valence-corrected chi connectivity index (χ1v) is 7.48. The summed E-state index contributed by atoms with van der Waals surface area (Å²) >= 11 is 1.53. The number of esters is 1. The monoisotopic (exact) mass is 281 g/mol. The van der Waals surface area contributed by atoms with Gasteiger partial charge in [-0.3, -0.25) is 4.79 Å². The summed E-state index contributed by atoms with van der Waals surface area (Å²) in [5.41, 5.74) is 6.84. The van der Waals surface area contributed by atoms with E-state index in [4.69, 9.17) is 10.5 Å². The van der Waals surface area contributed by atoms with Crippen molar-refractivity contribution in [2.45, 2.75) is 44.6 Å². The molecule has 0 radical (unpaired) electrons. The van der Waals surface area contributed by atoms with Gasteiger partial charge in [-0.15, -0.1) is 11.8 Å². The number of rotatable bonds is 5. The van der Waals surface area contributed by atoms with Gasteiger partial charge in [0.1, 0.15) is 5.60 Å². The summed E-state index contributed by atoms with van der Waals surface area (Å²) in [6.07, 6.45) is 0. The molecule has 19 heavy (non-hydrogen) atoms. The van der Waals surface area contributed by atoms with Crippen molar-refractivity contribution in [1.82, 2.24) is 0 Å². The topological polar surface area (TPSA) is 52.3 Å². The van der Waals surface area contributed by atoms with E-state index in [0.29, 0.717) is 5.75 Å². The lowest BCUT2D eigenvalue weighted by Crippen LogP contribution is -2.27. The molecule has 0 aliphatic heterocycles. The number of ether oxygens (including phenoxy) is 1. The van der Waals surface area contributed by atoms with Gasteiger partial charge < -0.3 is 10.5 Å². The van der Waals surface area contributed by atoms with Gasteiger partial charge in [0.2, 0.25) is 0 Å². The molecule has 0 spiro atoms. The van der Waals surface area contributed by atoms with Crippen LogP contribution in [0.25, 0.3) is 0 Å². The first-order chi connectivity index (χ1) is 8.79. The highest BCUT2D eigenvalue weighted by atomic mass is 32.2. The Morgan fingerprint density at radius 3 is 2.42 bits per heavy atom. The number of thioether (sulfide) groups is 1. The highest BCUT2D eigenvalue weighted by Crippen LogP contribution is 2.24. The molecule has 0 saturated heterocycles. The minimum Gasteiger partial charge on any atom is -0.459 e. The second kappa shape index (κ2) is 6.96. The third-order valence-electron chi connectivity index (χ3n) is 2.57. The zero-order chi connectivity index (χ0) is 14.5. The molecule has 2 N–H and O–H groups in total. The molecule has 0 heterocycles. The van der Waals surface area contributed by atoms with Gasteiger partial charge in [-0.25, -0.2) is 0 Å². The maximum absolute atomic E-state index is 11.6. The molecule has 0 aliphatic rings. The van der Waals surface area contributed by atoms with Crippen molar-refractivity contribution in [2.75, 3.05) is 5.75 Å². The zero-order valence-electron chi connectivity index (χ0n) is 12.1. The van der Waals surface area contributed by atoms with Crippen LogP contribution < -0.4 is 5.73 Å². The minimum atomic E-state index is -0.428. The van der Waals surface area contributed by atoms with Gasteiger partial charge >= 0.3 is 5.97 Å². The van der Waals surface area contributed by atoms with E-state index in [1.54, 1.807) is 0 Å². The molecule has 0 aromatic heterocycles. The molecule has 2 unspecified atom stereocenters. The van der Waals surface area contributed by atoms with Crippen LogP contribution in [-0.4, -0.2) is 22.6 Å². The van der Waals surface area contributed by atoms with Crippen molar-refractivity contribution in [3.63, 3.8) is 0 Å². The van der Waals surface area contributed by atoms with Gasteiger partial charge in [0.15, 0.2) is 0 Å². The molecule has 1 aromatic carbocycles. The van der Waals surface area contributed by atoms with E-state index in [-0.39, 0.29) is 17.3 Å². The lowest BCUT2D eigenvalue weighted by Gasteiger charge is -2.22. The summed E-state index contributed by atoms with van der Waals surface area (Å²) in [6.45, 7) is 7.64. The lowest BCUT2D eigenvalue weighted by atomic mass is 10.1. The highest BCUT2D eigenvalue weighted by molar-refractivity contribution is 8.00. The molecule has 2 atom stereocenters. The first-order valence-electron chi connectivity index (χ1n) is 6.43. The standard InChI is InChI=1S/C15H23NO2S/c1-11(14(16)12-8-6-5-7-9-12)19-10-13(17)18-15(2,3)4/h5-9,11,14H,10,16H2,1-4H3. The zero-order valence-corrected chi connectivity index (χ0v) is 12.9. The predicted octanol–water partition coefficient (Wildman–Crippen LogP) is 3.15. The predicted molar refractivity (Wildman–Crippen MR) is 81.1 cm³/mol. The molecule has 0 amide bonds. The van der Waals surface area contributed by atoms with E-state index in [1.807, 2.05) is 58.0 Å². The van der Waals surface area contributed by atoms with Crippen LogP contribution in [0.4, 0.5) is 0 Å².